The molecule has 2 heterocycles. The zero-order valence-corrected chi connectivity index (χ0v) is 16.1. The van der Waals surface area contributed by atoms with Crippen LogP contribution in [-0.4, -0.2) is 40.4 Å². The lowest BCUT2D eigenvalue weighted by Crippen LogP contribution is -2.15. The number of nitrogens with one attached hydrogen (secondary N) is 3. The number of H-pyrrole nitrogens is 1. The normalized spacial score (nSPS) is 11.0. The maximum atomic E-state index is 12.2. The number of aldehydes is 1. The van der Waals surface area contributed by atoms with Crippen molar-refractivity contribution in [2.24, 2.45) is 5.73 Å². The number of amides is 1. The van der Waals surface area contributed by atoms with Crippen LogP contribution in [0, 0.1) is 5.41 Å². The number of nitrogens with two attached hydrogens (primary N) is 2. The minimum atomic E-state index is -0.713. The number of anilines is 2. The van der Waals surface area contributed by atoms with Gasteiger partial charge >= 0.3 is 0 Å². The van der Waals surface area contributed by atoms with Crippen LogP contribution >= 0.6 is 0 Å². The van der Waals surface area contributed by atoms with Crippen molar-refractivity contribution < 1.29 is 9.59 Å². The number of para-hydroxylation sites is 1. The highest BCUT2D eigenvalue weighted by molar-refractivity contribution is 6.18. The van der Waals surface area contributed by atoms with Crippen LogP contribution in [0.3, 0.4) is 0 Å². The fourth-order valence-corrected chi connectivity index (χ4v) is 3.69. The number of nitrogen functional groups attached to an aromatic ring is 1. The van der Waals surface area contributed by atoms with Gasteiger partial charge in [0.2, 0.25) is 0 Å². The Labute approximate surface area is 171 Å². The zero-order valence-electron chi connectivity index (χ0n) is 16.1. The molecule has 9 heteroatoms. The molecule has 0 saturated carbocycles. The molecular formula is C21H19N7O2. The Bertz CT molecular complexity index is 1340. The smallest absolute Gasteiger partial charge is 0.269 e. The summed E-state index contributed by atoms with van der Waals surface area (Å²) in [7, 11) is 1.74. The molecule has 0 atom stereocenters. The second-order valence-electron chi connectivity index (χ2n) is 6.70. The Hall–Kier alpha value is -4.27. The highest BCUT2D eigenvalue weighted by atomic mass is 16.1. The molecule has 30 heavy (non-hydrogen) atoms. The van der Waals surface area contributed by atoms with Crippen LogP contribution in [-0.2, 0) is 11.2 Å². The van der Waals surface area contributed by atoms with Crippen LogP contribution in [0.4, 0.5) is 11.4 Å². The molecule has 9 nitrogen and oxygen atoms in total. The number of carbonyl (C=O) groups is 2. The Morgan fingerprint density at radius 1 is 1.27 bits per heavy atom. The lowest BCUT2D eigenvalue weighted by atomic mass is 10.0. The van der Waals surface area contributed by atoms with Gasteiger partial charge < -0.3 is 32.0 Å². The average Bonchev–Trinajstić information content (AvgIpc) is 3.11. The summed E-state index contributed by atoms with van der Waals surface area (Å²) in [6.07, 6.45) is 2.19. The summed E-state index contributed by atoms with van der Waals surface area (Å²) in [5, 5.41) is 11.5. The van der Waals surface area contributed by atoms with Crippen molar-refractivity contribution in [2.45, 2.75) is 6.42 Å². The molecule has 0 fully saturated rings. The third-order valence-corrected chi connectivity index (χ3v) is 5.01. The second kappa shape index (κ2) is 7.28. The van der Waals surface area contributed by atoms with E-state index in [1.54, 1.807) is 31.3 Å². The topological polar surface area (TPSA) is 164 Å². The molecule has 0 aliphatic carbocycles. The number of rotatable bonds is 6. The molecule has 2 aromatic heterocycles. The average molecular weight is 401 g/mol. The van der Waals surface area contributed by atoms with E-state index in [0.29, 0.717) is 44.4 Å². The van der Waals surface area contributed by atoms with Crippen LogP contribution in [0.15, 0.2) is 30.3 Å². The minimum absolute atomic E-state index is 0.0311. The summed E-state index contributed by atoms with van der Waals surface area (Å²) < 4.78 is 0. The lowest BCUT2D eigenvalue weighted by molar-refractivity contribution is -0.107. The van der Waals surface area contributed by atoms with E-state index in [-0.39, 0.29) is 17.9 Å². The van der Waals surface area contributed by atoms with E-state index >= 15 is 0 Å². The largest absolute Gasteiger partial charge is 0.398 e. The van der Waals surface area contributed by atoms with Gasteiger partial charge in [-0.3, -0.25) is 4.79 Å². The molecule has 2 aromatic carbocycles. The molecule has 1 amide bonds. The predicted molar refractivity (Wildman–Crippen MR) is 117 cm³/mol. The van der Waals surface area contributed by atoms with Gasteiger partial charge in [0.05, 0.1) is 5.52 Å². The molecule has 0 unspecified atom stereocenters. The summed E-state index contributed by atoms with van der Waals surface area (Å²) in [6, 6.07) is 8.86. The van der Waals surface area contributed by atoms with Crippen molar-refractivity contribution in [3.8, 4) is 11.4 Å². The quantitative estimate of drug-likeness (QED) is 0.189. The number of benzene rings is 2. The Morgan fingerprint density at radius 2 is 2.07 bits per heavy atom. The summed E-state index contributed by atoms with van der Waals surface area (Å²) in [5.41, 5.74) is 16.2. The summed E-state index contributed by atoms with van der Waals surface area (Å²) in [6.45, 7) is 0. The van der Waals surface area contributed by atoms with Crippen LogP contribution in [0.25, 0.3) is 33.3 Å². The number of fused-ring (bicyclic) bond motifs is 3. The molecule has 0 spiro atoms. The van der Waals surface area contributed by atoms with E-state index < -0.39 is 5.91 Å². The van der Waals surface area contributed by atoms with Gasteiger partial charge in [-0.15, -0.1) is 0 Å². The van der Waals surface area contributed by atoms with Gasteiger partial charge in [-0.05, 0) is 23.8 Å². The number of carbonyl (C=O) groups excluding carboxylic acids is 2. The van der Waals surface area contributed by atoms with Gasteiger partial charge in [-0.1, -0.05) is 12.1 Å². The number of primary amides is 1. The summed E-state index contributed by atoms with van der Waals surface area (Å²) in [4.78, 5) is 35.5. The molecule has 7 N–H and O–H groups in total. The summed E-state index contributed by atoms with van der Waals surface area (Å²) >= 11 is 0. The molecule has 4 aromatic rings. The third kappa shape index (κ3) is 2.84. The van der Waals surface area contributed by atoms with Crippen molar-refractivity contribution in [3.05, 3.63) is 47.2 Å². The number of aromatic amines is 1. The van der Waals surface area contributed by atoms with Crippen molar-refractivity contribution in [1.82, 2.24) is 15.0 Å². The predicted octanol–water partition coefficient (Wildman–Crippen LogP) is 2.24. The molecule has 0 bridgehead atoms. The number of nitrogens with zero attached hydrogens (tertiary/aromatic N) is 2. The second-order valence-corrected chi connectivity index (χ2v) is 6.70. The highest BCUT2D eigenvalue weighted by Crippen LogP contribution is 2.34. The fourth-order valence-electron chi connectivity index (χ4n) is 3.69. The monoisotopic (exact) mass is 401 g/mol. The van der Waals surface area contributed by atoms with Crippen LogP contribution in [0.2, 0.25) is 0 Å². The van der Waals surface area contributed by atoms with Gasteiger partial charge in [-0.2, -0.15) is 0 Å². The van der Waals surface area contributed by atoms with Crippen molar-refractivity contribution >= 4 is 51.7 Å². The Morgan fingerprint density at radius 3 is 2.73 bits per heavy atom. The number of hydrogen-bond donors (Lipinski definition) is 5. The van der Waals surface area contributed by atoms with Gasteiger partial charge in [0.15, 0.2) is 11.5 Å². The van der Waals surface area contributed by atoms with E-state index in [1.165, 1.54) is 0 Å². The minimum Gasteiger partial charge on any atom is -0.398 e. The van der Waals surface area contributed by atoms with Crippen molar-refractivity contribution in [2.75, 3.05) is 18.1 Å². The maximum absolute atomic E-state index is 12.2. The first-order valence-corrected chi connectivity index (χ1v) is 9.16. The Balaban J connectivity index is 2.13. The van der Waals surface area contributed by atoms with E-state index in [0.717, 1.165) is 18.1 Å². The van der Waals surface area contributed by atoms with Gasteiger partial charge in [0.25, 0.3) is 5.91 Å². The van der Waals surface area contributed by atoms with Crippen molar-refractivity contribution in [1.29, 1.82) is 5.41 Å². The maximum Gasteiger partial charge on any atom is 0.269 e. The molecule has 150 valence electrons. The number of hydrogen-bond acceptors (Lipinski definition) is 7. The standard InChI is InChI=1S/C21H19N7O2/c1-25-16-10(7-8-29)3-2-4-11(16)21-27-17-15-12(9-22)13(23)5-6-14(15)26-18(17)19(28-21)20(24)30/h2-6,8-9,22,25-26H,7,23H2,1H3,(H2,24,30). The van der Waals surface area contributed by atoms with E-state index in [1.807, 2.05) is 6.07 Å². The first kappa shape index (κ1) is 19.1. The lowest BCUT2D eigenvalue weighted by Gasteiger charge is -2.13. The fraction of sp³-hybridized carbons (Fsp3) is 0.0952. The molecule has 4 rings (SSSR count). The van der Waals surface area contributed by atoms with Crippen LogP contribution in [0.1, 0.15) is 21.6 Å². The first-order chi connectivity index (χ1) is 14.5. The summed E-state index contributed by atoms with van der Waals surface area (Å²) in [5.74, 6) is -0.442. The molecule has 0 saturated heterocycles. The van der Waals surface area contributed by atoms with Gasteiger partial charge in [0.1, 0.15) is 11.8 Å². The third-order valence-electron chi connectivity index (χ3n) is 5.01. The van der Waals surface area contributed by atoms with Crippen LogP contribution < -0.4 is 16.8 Å². The molecular weight excluding hydrogens is 382 g/mol. The van der Waals surface area contributed by atoms with E-state index in [4.69, 9.17) is 21.9 Å². The molecule has 0 aliphatic heterocycles. The SMILES string of the molecule is CNc1c(CC=O)cccc1-c1nc(C(N)=O)c2[nH]c3ccc(N)c(C=N)c3c2n1. The first-order valence-electron chi connectivity index (χ1n) is 9.16. The highest BCUT2D eigenvalue weighted by Gasteiger charge is 2.21. The van der Waals surface area contributed by atoms with E-state index in [9.17, 15) is 9.59 Å². The van der Waals surface area contributed by atoms with Crippen molar-refractivity contribution in [3.63, 3.8) is 0 Å². The Kier molecular flexibility index (Phi) is 4.63. The molecule has 0 radical (unpaired) electrons. The van der Waals surface area contributed by atoms with Crippen LogP contribution in [0.5, 0.6) is 0 Å². The van der Waals surface area contributed by atoms with Gasteiger partial charge in [-0.25, -0.2) is 9.97 Å². The molecule has 0 aliphatic rings. The number of aromatic nitrogens is 3. The van der Waals surface area contributed by atoms with E-state index in [2.05, 4.69) is 15.3 Å². The zero-order chi connectivity index (χ0) is 21.4. The van der Waals surface area contributed by atoms with Gasteiger partial charge in [0, 0.05) is 53.1 Å².